The Labute approximate surface area is 102 Å². The van der Waals surface area contributed by atoms with E-state index >= 15 is 0 Å². The molecule has 2 fully saturated rings. The SMILES string of the molecule is NNc1cc(N2CCN(C3CC3)CC2)ccn1. The second-order valence-electron chi connectivity index (χ2n) is 4.80. The first-order chi connectivity index (χ1) is 8.36. The lowest BCUT2D eigenvalue weighted by Gasteiger charge is -2.36. The van der Waals surface area contributed by atoms with Crippen LogP contribution in [0.5, 0.6) is 0 Å². The van der Waals surface area contributed by atoms with E-state index in [0.717, 1.165) is 24.9 Å². The topological polar surface area (TPSA) is 57.4 Å². The van der Waals surface area contributed by atoms with Crippen LogP contribution in [0.3, 0.4) is 0 Å². The van der Waals surface area contributed by atoms with Gasteiger partial charge in [0.05, 0.1) is 0 Å². The third kappa shape index (κ3) is 2.35. The number of pyridine rings is 1. The van der Waals surface area contributed by atoms with E-state index in [9.17, 15) is 0 Å². The van der Waals surface area contributed by atoms with Gasteiger partial charge in [-0.2, -0.15) is 0 Å². The van der Waals surface area contributed by atoms with Gasteiger partial charge in [-0.25, -0.2) is 10.8 Å². The van der Waals surface area contributed by atoms with E-state index in [2.05, 4.69) is 20.2 Å². The smallest absolute Gasteiger partial charge is 0.141 e. The van der Waals surface area contributed by atoms with E-state index < -0.39 is 0 Å². The predicted octanol–water partition coefficient (Wildman–Crippen LogP) is 0.652. The van der Waals surface area contributed by atoms with Gasteiger partial charge in [0.1, 0.15) is 5.82 Å². The zero-order valence-corrected chi connectivity index (χ0v) is 9.97. The van der Waals surface area contributed by atoms with Gasteiger partial charge in [-0.15, -0.1) is 0 Å². The van der Waals surface area contributed by atoms with Crippen LogP contribution in [0, 0.1) is 0 Å². The van der Waals surface area contributed by atoms with E-state index in [4.69, 9.17) is 5.84 Å². The highest BCUT2D eigenvalue weighted by molar-refractivity contribution is 5.53. The predicted molar refractivity (Wildman–Crippen MR) is 68.9 cm³/mol. The van der Waals surface area contributed by atoms with Crippen LogP contribution in [0.15, 0.2) is 18.3 Å². The van der Waals surface area contributed by atoms with Crippen molar-refractivity contribution < 1.29 is 0 Å². The molecule has 5 heteroatoms. The molecule has 0 aromatic carbocycles. The molecule has 17 heavy (non-hydrogen) atoms. The molecule has 1 saturated heterocycles. The summed E-state index contributed by atoms with van der Waals surface area (Å²) >= 11 is 0. The van der Waals surface area contributed by atoms with Gasteiger partial charge in [-0.1, -0.05) is 0 Å². The molecule has 2 heterocycles. The Bertz CT molecular complexity index is 382. The van der Waals surface area contributed by atoms with E-state index in [-0.39, 0.29) is 0 Å². The number of hydrogen-bond donors (Lipinski definition) is 2. The Morgan fingerprint density at radius 1 is 1.24 bits per heavy atom. The number of nitrogens with two attached hydrogens (primary N) is 1. The van der Waals surface area contributed by atoms with Crippen molar-refractivity contribution in [2.24, 2.45) is 5.84 Å². The highest BCUT2D eigenvalue weighted by Crippen LogP contribution is 2.28. The van der Waals surface area contributed by atoms with Gasteiger partial charge in [0.15, 0.2) is 0 Å². The van der Waals surface area contributed by atoms with Crippen molar-refractivity contribution in [2.45, 2.75) is 18.9 Å². The minimum absolute atomic E-state index is 0.729. The lowest BCUT2D eigenvalue weighted by atomic mass is 10.2. The van der Waals surface area contributed by atoms with Gasteiger partial charge in [-0.3, -0.25) is 4.90 Å². The summed E-state index contributed by atoms with van der Waals surface area (Å²) < 4.78 is 0. The summed E-state index contributed by atoms with van der Waals surface area (Å²) in [6, 6.07) is 4.94. The second-order valence-corrected chi connectivity index (χ2v) is 4.80. The average molecular weight is 233 g/mol. The highest BCUT2D eigenvalue weighted by Gasteiger charge is 2.31. The van der Waals surface area contributed by atoms with E-state index in [0.29, 0.717) is 0 Å². The zero-order valence-electron chi connectivity index (χ0n) is 9.97. The van der Waals surface area contributed by atoms with Crippen LogP contribution in [-0.4, -0.2) is 42.1 Å². The van der Waals surface area contributed by atoms with Gasteiger partial charge in [0.25, 0.3) is 0 Å². The number of nitrogens with one attached hydrogen (secondary N) is 1. The van der Waals surface area contributed by atoms with Crippen LogP contribution in [-0.2, 0) is 0 Å². The van der Waals surface area contributed by atoms with Crippen molar-refractivity contribution in [3.05, 3.63) is 18.3 Å². The van der Waals surface area contributed by atoms with Crippen molar-refractivity contribution in [1.82, 2.24) is 9.88 Å². The number of nitrogen functional groups attached to an aromatic ring is 1. The second kappa shape index (κ2) is 4.50. The summed E-state index contributed by atoms with van der Waals surface area (Å²) in [6.45, 7) is 4.56. The first-order valence-corrected chi connectivity index (χ1v) is 6.28. The Hall–Kier alpha value is -1.33. The Kier molecular flexibility index (Phi) is 2.86. The van der Waals surface area contributed by atoms with Gasteiger partial charge < -0.3 is 10.3 Å². The number of nitrogens with zero attached hydrogens (tertiary/aromatic N) is 3. The first kappa shape index (κ1) is 10.8. The molecule has 1 aliphatic carbocycles. The minimum Gasteiger partial charge on any atom is -0.369 e. The molecule has 0 bridgehead atoms. The molecule has 0 radical (unpaired) electrons. The van der Waals surface area contributed by atoms with E-state index in [1.54, 1.807) is 6.20 Å². The summed E-state index contributed by atoms with van der Waals surface area (Å²) in [5.74, 6) is 6.11. The van der Waals surface area contributed by atoms with Crippen LogP contribution in [0.2, 0.25) is 0 Å². The van der Waals surface area contributed by atoms with Crippen LogP contribution < -0.4 is 16.2 Å². The van der Waals surface area contributed by atoms with Gasteiger partial charge >= 0.3 is 0 Å². The highest BCUT2D eigenvalue weighted by atomic mass is 15.3. The first-order valence-electron chi connectivity index (χ1n) is 6.28. The molecule has 1 aromatic rings. The maximum atomic E-state index is 5.38. The molecule has 1 aromatic heterocycles. The maximum absolute atomic E-state index is 5.38. The van der Waals surface area contributed by atoms with Crippen molar-refractivity contribution >= 4 is 11.5 Å². The monoisotopic (exact) mass is 233 g/mol. The zero-order chi connectivity index (χ0) is 11.7. The third-order valence-electron chi connectivity index (χ3n) is 3.63. The van der Waals surface area contributed by atoms with E-state index in [1.807, 2.05) is 12.1 Å². The number of anilines is 2. The number of hydrazine groups is 1. The van der Waals surface area contributed by atoms with Gasteiger partial charge in [0.2, 0.25) is 0 Å². The number of hydrogen-bond acceptors (Lipinski definition) is 5. The quantitative estimate of drug-likeness (QED) is 0.593. The molecular weight excluding hydrogens is 214 g/mol. The van der Waals surface area contributed by atoms with Crippen LogP contribution in [0.4, 0.5) is 11.5 Å². The van der Waals surface area contributed by atoms with Crippen LogP contribution >= 0.6 is 0 Å². The normalized spacial score (nSPS) is 21.6. The fourth-order valence-corrected chi connectivity index (χ4v) is 2.48. The molecule has 0 amide bonds. The molecule has 2 aliphatic rings. The number of rotatable bonds is 3. The summed E-state index contributed by atoms with van der Waals surface area (Å²) in [6.07, 6.45) is 4.60. The summed E-state index contributed by atoms with van der Waals surface area (Å²) in [4.78, 5) is 9.15. The van der Waals surface area contributed by atoms with Crippen molar-refractivity contribution in [3.8, 4) is 0 Å². The van der Waals surface area contributed by atoms with E-state index in [1.165, 1.54) is 31.6 Å². The summed E-state index contributed by atoms with van der Waals surface area (Å²) in [7, 11) is 0. The Morgan fingerprint density at radius 3 is 2.65 bits per heavy atom. The molecule has 5 nitrogen and oxygen atoms in total. The maximum Gasteiger partial charge on any atom is 0.141 e. The molecule has 3 N–H and O–H groups in total. The number of aromatic nitrogens is 1. The molecule has 0 atom stereocenters. The minimum atomic E-state index is 0.729. The van der Waals surface area contributed by atoms with Crippen molar-refractivity contribution in [3.63, 3.8) is 0 Å². The van der Waals surface area contributed by atoms with Crippen molar-refractivity contribution in [1.29, 1.82) is 0 Å². The molecular formula is C12H19N5. The Balaban J connectivity index is 1.64. The Morgan fingerprint density at radius 2 is 2.00 bits per heavy atom. The molecule has 1 aliphatic heterocycles. The lowest BCUT2D eigenvalue weighted by molar-refractivity contribution is 0.248. The average Bonchev–Trinajstić information content (AvgIpc) is 3.23. The van der Waals surface area contributed by atoms with Gasteiger partial charge in [0, 0.05) is 50.2 Å². The van der Waals surface area contributed by atoms with Crippen molar-refractivity contribution in [2.75, 3.05) is 36.5 Å². The standard InChI is InChI=1S/C12H19N5/c13-15-12-9-11(3-4-14-12)17-7-5-16(6-8-17)10-1-2-10/h3-4,9-10H,1-2,5-8,13H2,(H,14,15). The van der Waals surface area contributed by atoms with Crippen LogP contribution in [0.1, 0.15) is 12.8 Å². The summed E-state index contributed by atoms with van der Waals surface area (Å²) in [5.41, 5.74) is 3.81. The molecule has 1 saturated carbocycles. The fraction of sp³-hybridized carbons (Fsp3) is 0.583. The van der Waals surface area contributed by atoms with Crippen LogP contribution in [0.25, 0.3) is 0 Å². The number of piperazine rings is 1. The molecule has 92 valence electrons. The largest absolute Gasteiger partial charge is 0.369 e. The van der Waals surface area contributed by atoms with Gasteiger partial charge in [-0.05, 0) is 18.9 Å². The third-order valence-corrected chi connectivity index (χ3v) is 3.63. The fourth-order valence-electron chi connectivity index (χ4n) is 2.48. The molecule has 0 unspecified atom stereocenters. The summed E-state index contributed by atoms with van der Waals surface area (Å²) in [5, 5.41) is 0. The molecule has 0 spiro atoms. The molecule has 3 rings (SSSR count). The lowest BCUT2D eigenvalue weighted by Crippen LogP contribution is -2.47.